The molecular formula is C58H112O6. The summed E-state index contributed by atoms with van der Waals surface area (Å²) in [7, 11) is 0. The largest absolute Gasteiger partial charge is 0.462 e. The summed E-state index contributed by atoms with van der Waals surface area (Å²) in [6.07, 6.45) is 53.9. The molecule has 0 aliphatic heterocycles. The van der Waals surface area contributed by atoms with Gasteiger partial charge in [0.25, 0.3) is 0 Å². The van der Waals surface area contributed by atoms with Gasteiger partial charge in [-0.2, -0.15) is 0 Å². The lowest BCUT2D eigenvalue weighted by molar-refractivity contribution is -0.167. The summed E-state index contributed by atoms with van der Waals surface area (Å²) in [4.78, 5) is 38.0. The Labute approximate surface area is 399 Å². The zero-order chi connectivity index (χ0) is 46.8. The van der Waals surface area contributed by atoms with Gasteiger partial charge in [-0.3, -0.25) is 14.4 Å². The Morgan fingerprint density at radius 2 is 0.594 bits per heavy atom. The van der Waals surface area contributed by atoms with Crippen LogP contribution in [0.1, 0.15) is 324 Å². The minimum Gasteiger partial charge on any atom is -0.462 e. The third-order valence-electron chi connectivity index (χ3n) is 13.6. The molecule has 64 heavy (non-hydrogen) atoms. The van der Waals surface area contributed by atoms with Gasteiger partial charge in [-0.25, -0.2) is 0 Å². The van der Waals surface area contributed by atoms with Gasteiger partial charge in [-0.05, 0) is 31.1 Å². The summed E-state index contributed by atoms with van der Waals surface area (Å²) >= 11 is 0. The quantitative estimate of drug-likeness (QED) is 0.0344. The van der Waals surface area contributed by atoms with Crippen molar-refractivity contribution in [2.24, 2.45) is 11.8 Å². The summed E-state index contributed by atoms with van der Waals surface area (Å²) in [6.45, 7) is 11.4. The van der Waals surface area contributed by atoms with Crippen LogP contribution >= 0.6 is 0 Å². The summed E-state index contributed by atoms with van der Waals surface area (Å²) in [5, 5.41) is 0. The van der Waals surface area contributed by atoms with E-state index in [0.717, 1.165) is 69.6 Å². The van der Waals surface area contributed by atoms with Crippen molar-refractivity contribution in [3.05, 3.63) is 0 Å². The maximum atomic E-state index is 12.8. The van der Waals surface area contributed by atoms with Gasteiger partial charge >= 0.3 is 17.9 Å². The molecule has 6 heteroatoms. The van der Waals surface area contributed by atoms with Crippen LogP contribution in [0.3, 0.4) is 0 Å². The minimum atomic E-state index is -0.763. The fraction of sp³-hybridized carbons (Fsp3) is 0.948. The number of hydrogen-bond acceptors (Lipinski definition) is 6. The van der Waals surface area contributed by atoms with E-state index in [9.17, 15) is 14.4 Å². The van der Waals surface area contributed by atoms with Gasteiger partial charge in [0.05, 0.1) is 0 Å². The van der Waals surface area contributed by atoms with E-state index in [4.69, 9.17) is 14.2 Å². The maximum absolute atomic E-state index is 12.8. The smallest absolute Gasteiger partial charge is 0.306 e. The van der Waals surface area contributed by atoms with Crippen LogP contribution in [0.2, 0.25) is 0 Å². The highest BCUT2D eigenvalue weighted by molar-refractivity contribution is 5.71. The number of carbonyl (C=O) groups excluding carboxylic acids is 3. The van der Waals surface area contributed by atoms with Crippen LogP contribution in [0.25, 0.3) is 0 Å². The topological polar surface area (TPSA) is 78.9 Å². The molecule has 0 aliphatic carbocycles. The van der Waals surface area contributed by atoms with Crippen molar-refractivity contribution >= 4 is 17.9 Å². The van der Waals surface area contributed by atoms with Crippen LogP contribution in [-0.4, -0.2) is 37.2 Å². The van der Waals surface area contributed by atoms with Crippen LogP contribution < -0.4 is 0 Å². The van der Waals surface area contributed by atoms with Gasteiger partial charge in [-0.15, -0.1) is 0 Å². The summed E-state index contributed by atoms with van der Waals surface area (Å²) < 4.78 is 16.8. The van der Waals surface area contributed by atoms with Gasteiger partial charge < -0.3 is 14.2 Å². The maximum Gasteiger partial charge on any atom is 0.306 e. The zero-order valence-electron chi connectivity index (χ0n) is 43.9. The molecule has 0 amide bonds. The molecule has 0 aromatic carbocycles. The fourth-order valence-corrected chi connectivity index (χ4v) is 8.84. The minimum absolute atomic E-state index is 0.0637. The molecule has 0 saturated heterocycles. The number of hydrogen-bond donors (Lipinski definition) is 0. The lowest BCUT2D eigenvalue weighted by atomic mass is 9.99. The average molecular weight is 906 g/mol. The zero-order valence-corrected chi connectivity index (χ0v) is 43.9. The highest BCUT2D eigenvalue weighted by atomic mass is 16.6. The van der Waals surface area contributed by atoms with Crippen molar-refractivity contribution in [1.82, 2.24) is 0 Å². The first kappa shape index (κ1) is 62.4. The molecule has 0 aromatic heterocycles. The van der Waals surface area contributed by atoms with E-state index >= 15 is 0 Å². The molecule has 0 radical (unpaired) electrons. The van der Waals surface area contributed by atoms with E-state index in [1.807, 2.05) is 0 Å². The Balaban J connectivity index is 4.21. The van der Waals surface area contributed by atoms with Crippen LogP contribution in [0.15, 0.2) is 0 Å². The predicted octanol–water partition coefficient (Wildman–Crippen LogP) is 18.9. The molecular weight excluding hydrogens is 793 g/mol. The van der Waals surface area contributed by atoms with Crippen molar-refractivity contribution in [3.8, 4) is 0 Å². The Morgan fingerprint density at radius 3 is 0.891 bits per heavy atom. The third-order valence-corrected chi connectivity index (χ3v) is 13.6. The lowest BCUT2D eigenvalue weighted by Crippen LogP contribution is -2.30. The van der Waals surface area contributed by atoms with Gasteiger partial charge in [-0.1, -0.05) is 285 Å². The van der Waals surface area contributed by atoms with Crippen molar-refractivity contribution in [3.63, 3.8) is 0 Å². The number of carbonyl (C=O) groups is 3. The Kier molecular flexibility index (Phi) is 49.6. The van der Waals surface area contributed by atoms with Crippen LogP contribution in [0, 0.1) is 11.8 Å². The standard InChI is InChI=1S/C58H112O6/c1-6-8-9-10-11-12-13-14-15-16-17-18-19-23-26-29-32-38-43-48-56(59)62-51-55(52-63-57(60)49-44-39-35-34-36-41-46-53(3)4)64-58(61)50-45-40-33-30-27-24-21-20-22-25-28-31-37-42-47-54(5)7-2/h53-55H,6-52H2,1-5H3/t54?,55-/m0/s1. The fourth-order valence-electron chi connectivity index (χ4n) is 8.84. The van der Waals surface area contributed by atoms with E-state index in [0.29, 0.717) is 19.3 Å². The van der Waals surface area contributed by atoms with Crippen LogP contribution in [0.4, 0.5) is 0 Å². The van der Waals surface area contributed by atoms with Gasteiger partial charge in [0.2, 0.25) is 0 Å². The van der Waals surface area contributed by atoms with E-state index in [-0.39, 0.29) is 31.1 Å². The van der Waals surface area contributed by atoms with E-state index < -0.39 is 6.10 Å². The molecule has 0 rings (SSSR count). The molecule has 0 fully saturated rings. The van der Waals surface area contributed by atoms with Crippen molar-refractivity contribution < 1.29 is 28.6 Å². The molecule has 0 saturated carbocycles. The van der Waals surface area contributed by atoms with E-state index in [1.165, 1.54) is 212 Å². The summed E-state index contributed by atoms with van der Waals surface area (Å²) in [5.74, 6) is 0.811. The van der Waals surface area contributed by atoms with Crippen LogP contribution in [-0.2, 0) is 28.6 Å². The number of rotatable bonds is 52. The molecule has 0 aliphatic rings. The van der Waals surface area contributed by atoms with E-state index in [1.54, 1.807) is 0 Å². The number of ether oxygens (including phenoxy) is 3. The SMILES string of the molecule is CCCCCCCCCCCCCCCCCCCCCC(=O)OC[C@@H](COC(=O)CCCCCCCCC(C)C)OC(=O)CCCCCCCCCCCCCCCCC(C)CC. The Bertz CT molecular complexity index is 980. The molecule has 0 heterocycles. The molecule has 0 bridgehead atoms. The molecule has 0 aromatic rings. The van der Waals surface area contributed by atoms with Gasteiger partial charge in [0.1, 0.15) is 13.2 Å². The monoisotopic (exact) mass is 905 g/mol. The lowest BCUT2D eigenvalue weighted by Gasteiger charge is -2.18. The highest BCUT2D eigenvalue weighted by Crippen LogP contribution is 2.18. The number of esters is 3. The third kappa shape index (κ3) is 49.8. The average Bonchev–Trinajstić information content (AvgIpc) is 3.28. The Hall–Kier alpha value is -1.59. The second-order valence-corrected chi connectivity index (χ2v) is 20.6. The second kappa shape index (κ2) is 50.8. The molecule has 6 nitrogen and oxygen atoms in total. The highest BCUT2D eigenvalue weighted by Gasteiger charge is 2.19. The molecule has 380 valence electrons. The predicted molar refractivity (Wildman–Crippen MR) is 275 cm³/mol. The first-order valence-corrected chi connectivity index (χ1v) is 28.8. The molecule has 1 unspecified atom stereocenters. The van der Waals surface area contributed by atoms with Crippen molar-refractivity contribution in [2.45, 2.75) is 330 Å². The first-order chi connectivity index (χ1) is 31.3. The van der Waals surface area contributed by atoms with Crippen molar-refractivity contribution in [2.75, 3.05) is 13.2 Å². The number of unbranched alkanes of at least 4 members (excludes halogenated alkanes) is 36. The van der Waals surface area contributed by atoms with Crippen LogP contribution in [0.5, 0.6) is 0 Å². The summed E-state index contributed by atoms with van der Waals surface area (Å²) in [6, 6.07) is 0. The second-order valence-electron chi connectivity index (χ2n) is 20.6. The van der Waals surface area contributed by atoms with Gasteiger partial charge in [0, 0.05) is 19.3 Å². The van der Waals surface area contributed by atoms with Gasteiger partial charge in [0.15, 0.2) is 6.10 Å². The molecule has 0 N–H and O–H groups in total. The summed E-state index contributed by atoms with van der Waals surface area (Å²) in [5.41, 5.74) is 0. The Morgan fingerprint density at radius 1 is 0.328 bits per heavy atom. The molecule has 2 atom stereocenters. The molecule has 0 spiro atoms. The normalized spacial score (nSPS) is 12.5. The van der Waals surface area contributed by atoms with E-state index in [2.05, 4.69) is 34.6 Å². The first-order valence-electron chi connectivity index (χ1n) is 28.8. The van der Waals surface area contributed by atoms with Crippen molar-refractivity contribution in [1.29, 1.82) is 0 Å².